The minimum atomic E-state index is -0.437. The monoisotopic (exact) mass is 298 g/mol. The fourth-order valence-electron chi connectivity index (χ4n) is 2.52. The largest absolute Gasteiger partial charge is 0.378 e. The lowest BCUT2D eigenvalue weighted by atomic mass is 10.1. The Morgan fingerprint density at radius 1 is 1.45 bits per heavy atom. The van der Waals surface area contributed by atoms with Gasteiger partial charge in [-0.2, -0.15) is 0 Å². The number of likely N-dealkylation sites (tertiary alicyclic amines) is 1. The van der Waals surface area contributed by atoms with E-state index in [1.807, 2.05) is 13.0 Å². The van der Waals surface area contributed by atoms with Gasteiger partial charge in [-0.25, -0.2) is 0 Å². The second kappa shape index (κ2) is 7.02. The zero-order valence-electron chi connectivity index (χ0n) is 11.5. The van der Waals surface area contributed by atoms with Crippen molar-refractivity contribution in [3.63, 3.8) is 0 Å². The Kier molecular flexibility index (Phi) is 5.34. The van der Waals surface area contributed by atoms with Gasteiger partial charge in [-0.3, -0.25) is 15.0 Å². The van der Waals surface area contributed by atoms with Gasteiger partial charge in [0.25, 0.3) is 5.69 Å². The Hall–Kier alpha value is -1.17. The molecule has 1 fully saturated rings. The molecule has 0 spiro atoms. The van der Waals surface area contributed by atoms with Crippen molar-refractivity contribution >= 4 is 17.3 Å². The molecule has 0 atom stereocenters. The molecule has 110 valence electrons. The molecule has 1 heterocycles. The van der Waals surface area contributed by atoms with Gasteiger partial charge in [-0.1, -0.05) is 17.7 Å². The molecule has 2 rings (SSSR count). The molecule has 0 saturated carbocycles. The number of hydrogen-bond donors (Lipinski definition) is 0. The summed E-state index contributed by atoms with van der Waals surface area (Å²) < 4.78 is 5.61. The summed E-state index contributed by atoms with van der Waals surface area (Å²) in [6, 6.07) is 5.02. The van der Waals surface area contributed by atoms with Crippen LogP contribution in [0, 0.1) is 10.1 Å². The standard InChI is InChI=1S/C14H19ClN2O3/c1-2-20-12-5-7-16(8-6-12)10-11-3-4-13(15)14(9-11)17(18)19/h3-4,9,12H,2,5-8,10H2,1H3. The highest BCUT2D eigenvalue weighted by molar-refractivity contribution is 6.32. The minimum Gasteiger partial charge on any atom is -0.378 e. The Morgan fingerprint density at radius 3 is 2.75 bits per heavy atom. The first-order chi connectivity index (χ1) is 9.60. The molecule has 20 heavy (non-hydrogen) atoms. The van der Waals surface area contributed by atoms with Gasteiger partial charge in [0.15, 0.2) is 0 Å². The summed E-state index contributed by atoms with van der Waals surface area (Å²) in [5, 5.41) is 11.1. The van der Waals surface area contributed by atoms with E-state index in [9.17, 15) is 10.1 Å². The highest BCUT2D eigenvalue weighted by Crippen LogP contribution is 2.26. The van der Waals surface area contributed by atoms with Gasteiger partial charge in [0, 0.05) is 32.3 Å². The summed E-state index contributed by atoms with van der Waals surface area (Å²) in [6.45, 7) is 5.41. The number of piperidine rings is 1. The molecule has 0 aliphatic carbocycles. The van der Waals surface area contributed by atoms with Crippen LogP contribution in [0.5, 0.6) is 0 Å². The van der Waals surface area contributed by atoms with Gasteiger partial charge >= 0.3 is 0 Å². The normalized spacial score (nSPS) is 17.3. The maximum absolute atomic E-state index is 10.9. The van der Waals surface area contributed by atoms with E-state index in [1.54, 1.807) is 12.1 Å². The number of hydrogen-bond acceptors (Lipinski definition) is 4. The van der Waals surface area contributed by atoms with Crippen molar-refractivity contribution in [2.24, 2.45) is 0 Å². The smallest absolute Gasteiger partial charge is 0.288 e. The van der Waals surface area contributed by atoms with Crippen molar-refractivity contribution in [1.82, 2.24) is 4.90 Å². The molecular weight excluding hydrogens is 280 g/mol. The lowest BCUT2D eigenvalue weighted by molar-refractivity contribution is -0.384. The lowest BCUT2D eigenvalue weighted by Crippen LogP contribution is -2.36. The van der Waals surface area contributed by atoms with Crippen LogP contribution < -0.4 is 0 Å². The molecular formula is C14H19ClN2O3. The molecule has 0 bridgehead atoms. The van der Waals surface area contributed by atoms with Crippen molar-refractivity contribution in [1.29, 1.82) is 0 Å². The van der Waals surface area contributed by atoms with Crippen molar-refractivity contribution in [3.8, 4) is 0 Å². The maximum Gasteiger partial charge on any atom is 0.288 e. The van der Waals surface area contributed by atoms with E-state index in [2.05, 4.69) is 4.90 Å². The van der Waals surface area contributed by atoms with Crippen LogP contribution in [0.25, 0.3) is 0 Å². The van der Waals surface area contributed by atoms with Crippen molar-refractivity contribution in [2.75, 3.05) is 19.7 Å². The first-order valence-corrected chi connectivity index (χ1v) is 7.24. The number of ether oxygens (including phenoxy) is 1. The number of benzene rings is 1. The highest BCUT2D eigenvalue weighted by Gasteiger charge is 2.20. The summed E-state index contributed by atoms with van der Waals surface area (Å²) in [5.74, 6) is 0. The maximum atomic E-state index is 10.9. The topological polar surface area (TPSA) is 55.6 Å². The molecule has 0 aromatic heterocycles. The van der Waals surface area contributed by atoms with Gasteiger partial charge in [0.2, 0.25) is 0 Å². The summed E-state index contributed by atoms with van der Waals surface area (Å²) in [4.78, 5) is 12.7. The van der Waals surface area contributed by atoms with Gasteiger partial charge in [-0.15, -0.1) is 0 Å². The van der Waals surface area contributed by atoms with Crippen molar-refractivity contribution in [3.05, 3.63) is 38.9 Å². The predicted octanol–water partition coefficient (Wildman–Crippen LogP) is 3.25. The molecule has 0 amide bonds. The van der Waals surface area contributed by atoms with Crippen molar-refractivity contribution < 1.29 is 9.66 Å². The van der Waals surface area contributed by atoms with E-state index in [0.717, 1.165) is 44.6 Å². The molecule has 1 aliphatic rings. The highest BCUT2D eigenvalue weighted by atomic mass is 35.5. The molecule has 6 heteroatoms. The summed E-state index contributed by atoms with van der Waals surface area (Å²) >= 11 is 5.82. The number of rotatable bonds is 5. The van der Waals surface area contributed by atoms with Crippen LogP contribution in [0.3, 0.4) is 0 Å². The third-order valence-electron chi connectivity index (χ3n) is 3.55. The number of nitro groups is 1. The van der Waals surface area contributed by atoms with Crippen LogP contribution in [-0.2, 0) is 11.3 Å². The summed E-state index contributed by atoms with van der Waals surface area (Å²) in [7, 11) is 0. The Morgan fingerprint density at radius 2 is 2.15 bits per heavy atom. The molecule has 1 aromatic carbocycles. The Balaban J connectivity index is 1.94. The van der Waals surface area contributed by atoms with Gasteiger partial charge in [0.1, 0.15) is 5.02 Å². The van der Waals surface area contributed by atoms with Crippen LogP contribution in [0.15, 0.2) is 18.2 Å². The molecule has 1 aromatic rings. The average molecular weight is 299 g/mol. The quantitative estimate of drug-likeness (QED) is 0.618. The molecule has 5 nitrogen and oxygen atoms in total. The number of nitrogens with zero attached hydrogens (tertiary/aromatic N) is 2. The summed E-state index contributed by atoms with van der Waals surface area (Å²) in [5.41, 5.74) is 0.907. The molecule has 0 unspecified atom stereocenters. The third-order valence-corrected chi connectivity index (χ3v) is 3.87. The van der Waals surface area contributed by atoms with E-state index in [1.165, 1.54) is 0 Å². The van der Waals surface area contributed by atoms with E-state index in [0.29, 0.717) is 6.10 Å². The fourth-order valence-corrected chi connectivity index (χ4v) is 2.71. The van der Waals surface area contributed by atoms with E-state index in [4.69, 9.17) is 16.3 Å². The van der Waals surface area contributed by atoms with Crippen LogP contribution in [0.1, 0.15) is 25.3 Å². The van der Waals surface area contributed by atoms with E-state index in [-0.39, 0.29) is 10.7 Å². The second-order valence-electron chi connectivity index (χ2n) is 4.97. The van der Waals surface area contributed by atoms with Crippen LogP contribution in [-0.4, -0.2) is 35.6 Å². The SMILES string of the molecule is CCOC1CCN(Cc2ccc(Cl)c([N+](=O)[O-])c2)CC1. The first-order valence-electron chi connectivity index (χ1n) is 6.87. The van der Waals surface area contributed by atoms with Crippen LogP contribution >= 0.6 is 11.6 Å². The van der Waals surface area contributed by atoms with Gasteiger partial charge in [-0.05, 0) is 31.4 Å². The van der Waals surface area contributed by atoms with Gasteiger partial charge in [0.05, 0.1) is 11.0 Å². The predicted molar refractivity (Wildman–Crippen MR) is 78.0 cm³/mol. The Labute approximate surface area is 123 Å². The van der Waals surface area contributed by atoms with Crippen molar-refractivity contribution in [2.45, 2.75) is 32.4 Å². The average Bonchev–Trinajstić information content (AvgIpc) is 2.43. The zero-order valence-corrected chi connectivity index (χ0v) is 12.3. The zero-order chi connectivity index (χ0) is 14.5. The molecule has 1 aliphatic heterocycles. The third kappa shape index (κ3) is 3.91. The minimum absolute atomic E-state index is 0.0200. The molecule has 0 radical (unpaired) electrons. The first kappa shape index (κ1) is 15.2. The number of nitro benzene ring substituents is 1. The summed E-state index contributed by atoms with van der Waals surface area (Å²) in [6.07, 6.45) is 2.39. The van der Waals surface area contributed by atoms with Crippen LogP contribution in [0.2, 0.25) is 5.02 Å². The second-order valence-corrected chi connectivity index (χ2v) is 5.38. The van der Waals surface area contributed by atoms with Crippen LogP contribution in [0.4, 0.5) is 5.69 Å². The number of halogens is 1. The van der Waals surface area contributed by atoms with Gasteiger partial charge < -0.3 is 4.74 Å². The lowest BCUT2D eigenvalue weighted by Gasteiger charge is -2.31. The fraction of sp³-hybridized carbons (Fsp3) is 0.571. The molecule has 1 saturated heterocycles. The molecule has 0 N–H and O–H groups in total. The van der Waals surface area contributed by atoms with E-state index >= 15 is 0 Å². The van der Waals surface area contributed by atoms with E-state index < -0.39 is 4.92 Å². The Bertz CT molecular complexity index is 473.